The Morgan fingerprint density at radius 2 is 2.24 bits per heavy atom. The van der Waals surface area contributed by atoms with E-state index in [1.165, 1.54) is 12.8 Å². The Morgan fingerprint density at radius 3 is 2.82 bits per heavy atom. The van der Waals surface area contributed by atoms with Crippen molar-refractivity contribution in [1.29, 1.82) is 0 Å². The van der Waals surface area contributed by atoms with Crippen molar-refractivity contribution in [3.63, 3.8) is 0 Å². The molecule has 1 unspecified atom stereocenters. The van der Waals surface area contributed by atoms with Crippen LogP contribution in [0, 0.1) is 0 Å². The smallest absolute Gasteiger partial charge is 0.239 e. The normalized spacial score (nSPS) is 29.2. The molecule has 98 valence electrons. The SMILES string of the molecule is CCN(CC1CCCO1)C(=O)[C@H]1CCCCN1. The van der Waals surface area contributed by atoms with Crippen molar-refractivity contribution >= 4 is 5.91 Å². The molecule has 0 aromatic rings. The Hall–Kier alpha value is -0.610. The van der Waals surface area contributed by atoms with Crippen molar-refractivity contribution in [3.8, 4) is 0 Å². The number of nitrogens with zero attached hydrogens (tertiary/aromatic N) is 1. The molecule has 2 atom stereocenters. The van der Waals surface area contributed by atoms with Crippen LogP contribution in [0.3, 0.4) is 0 Å². The lowest BCUT2D eigenvalue weighted by Gasteiger charge is -2.30. The highest BCUT2D eigenvalue weighted by atomic mass is 16.5. The molecule has 0 saturated carbocycles. The zero-order valence-corrected chi connectivity index (χ0v) is 10.8. The third kappa shape index (κ3) is 3.42. The van der Waals surface area contributed by atoms with Crippen molar-refractivity contribution in [1.82, 2.24) is 10.2 Å². The zero-order chi connectivity index (χ0) is 12.1. The van der Waals surface area contributed by atoms with Gasteiger partial charge in [-0.3, -0.25) is 4.79 Å². The van der Waals surface area contributed by atoms with Gasteiger partial charge in [-0.15, -0.1) is 0 Å². The molecule has 1 N–H and O–H groups in total. The van der Waals surface area contributed by atoms with Crippen LogP contribution in [0.5, 0.6) is 0 Å². The van der Waals surface area contributed by atoms with Gasteiger partial charge in [0.15, 0.2) is 0 Å². The van der Waals surface area contributed by atoms with E-state index in [4.69, 9.17) is 4.74 Å². The first-order chi connectivity index (χ1) is 8.31. The topological polar surface area (TPSA) is 41.6 Å². The van der Waals surface area contributed by atoms with Crippen LogP contribution >= 0.6 is 0 Å². The molecule has 0 aliphatic carbocycles. The molecule has 17 heavy (non-hydrogen) atoms. The second-order valence-electron chi connectivity index (χ2n) is 5.01. The summed E-state index contributed by atoms with van der Waals surface area (Å²) in [6.45, 7) is 5.45. The lowest BCUT2D eigenvalue weighted by molar-refractivity contribution is -0.135. The highest BCUT2D eigenvalue weighted by molar-refractivity contribution is 5.82. The van der Waals surface area contributed by atoms with E-state index >= 15 is 0 Å². The third-order valence-electron chi connectivity index (χ3n) is 3.75. The first-order valence-electron chi connectivity index (χ1n) is 6.95. The van der Waals surface area contributed by atoms with E-state index in [0.717, 1.165) is 45.5 Å². The molecular formula is C13H24N2O2. The Labute approximate surface area is 104 Å². The van der Waals surface area contributed by atoms with Crippen molar-refractivity contribution in [2.24, 2.45) is 0 Å². The maximum absolute atomic E-state index is 12.3. The van der Waals surface area contributed by atoms with E-state index in [2.05, 4.69) is 12.2 Å². The van der Waals surface area contributed by atoms with E-state index < -0.39 is 0 Å². The fourth-order valence-electron chi connectivity index (χ4n) is 2.69. The standard InChI is InChI=1S/C13H24N2O2/c1-2-15(10-11-6-5-9-17-11)13(16)12-7-3-4-8-14-12/h11-12,14H,2-10H2,1H3/t11?,12-/m1/s1. The number of piperidine rings is 1. The van der Waals surface area contributed by atoms with Gasteiger partial charge in [0.2, 0.25) is 5.91 Å². The van der Waals surface area contributed by atoms with Crippen molar-refractivity contribution in [2.45, 2.75) is 51.2 Å². The van der Waals surface area contributed by atoms with Crippen LogP contribution in [0.15, 0.2) is 0 Å². The summed E-state index contributed by atoms with van der Waals surface area (Å²) in [7, 11) is 0. The molecule has 2 aliphatic heterocycles. The lowest BCUT2D eigenvalue weighted by Crippen LogP contribution is -2.50. The van der Waals surface area contributed by atoms with Gasteiger partial charge in [0, 0.05) is 19.7 Å². The van der Waals surface area contributed by atoms with Gasteiger partial charge in [-0.1, -0.05) is 6.42 Å². The summed E-state index contributed by atoms with van der Waals surface area (Å²) in [6.07, 6.45) is 5.85. The van der Waals surface area contributed by atoms with Crippen LogP contribution < -0.4 is 5.32 Å². The molecule has 0 radical (unpaired) electrons. The first kappa shape index (κ1) is 12.8. The molecule has 0 spiro atoms. The zero-order valence-electron chi connectivity index (χ0n) is 10.8. The van der Waals surface area contributed by atoms with Gasteiger partial charge in [-0.05, 0) is 39.2 Å². The summed E-state index contributed by atoms with van der Waals surface area (Å²) >= 11 is 0. The Kier molecular flexibility index (Phi) is 4.80. The highest BCUT2D eigenvalue weighted by Gasteiger charge is 2.27. The maximum atomic E-state index is 12.3. The van der Waals surface area contributed by atoms with Gasteiger partial charge in [-0.2, -0.15) is 0 Å². The van der Waals surface area contributed by atoms with E-state index in [1.807, 2.05) is 4.90 Å². The predicted molar refractivity (Wildman–Crippen MR) is 66.9 cm³/mol. The monoisotopic (exact) mass is 240 g/mol. The number of hydrogen-bond donors (Lipinski definition) is 1. The summed E-state index contributed by atoms with van der Waals surface area (Å²) in [4.78, 5) is 14.3. The van der Waals surface area contributed by atoms with E-state index in [1.54, 1.807) is 0 Å². The number of carbonyl (C=O) groups excluding carboxylic acids is 1. The number of carbonyl (C=O) groups is 1. The quantitative estimate of drug-likeness (QED) is 0.801. The second kappa shape index (κ2) is 6.36. The molecule has 2 fully saturated rings. The fourth-order valence-corrected chi connectivity index (χ4v) is 2.69. The summed E-state index contributed by atoms with van der Waals surface area (Å²) in [5, 5.41) is 3.33. The Bertz CT molecular complexity index is 246. The maximum Gasteiger partial charge on any atom is 0.239 e. The van der Waals surface area contributed by atoms with Crippen LogP contribution in [-0.2, 0) is 9.53 Å². The first-order valence-corrected chi connectivity index (χ1v) is 6.95. The number of amides is 1. The highest BCUT2D eigenvalue weighted by Crippen LogP contribution is 2.15. The molecule has 2 rings (SSSR count). The molecule has 2 saturated heterocycles. The Morgan fingerprint density at radius 1 is 1.35 bits per heavy atom. The number of rotatable bonds is 4. The summed E-state index contributed by atoms with van der Waals surface area (Å²) < 4.78 is 5.61. The lowest BCUT2D eigenvalue weighted by atomic mass is 10.0. The molecule has 0 aromatic heterocycles. The fraction of sp³-hybridized carbons (Fsp3) is 0.923. The summed E-state index contributed by atoms with van der Waals surface area (Å²) in [5.41, 5.74) is 0. The average Bonchev–Trinajstić information content (AvgIpc) is 2.89. The number of likely N-dealkylation sites (N-methyl/N-ethyl adjacent to an activating group) is 1. The average molecular weight is 240 g/mol. The minimum atomic E-state index is 0.0464. The van der Waals surface area contributed by atoms with Crippen LogP contribution in [0.2, 0.25) is 0 Å². The number of nitrogens with one attached hydrogen (secondary N) is 1. The molecule has 1 amide bonds. The van der Waals surface area contributed by atoms with Crippen LogP contribution in [-0.4, -0.2) is 49.2 Å². The van der Waals surface area contributed by atoms with Crippen molar-refractivity contribution in [3.05, 3.63) is 0 Å². The van der Waals surface area contributed by atoms with E-state index in [0.29, 0.717) is 0 Å². The summed E-state index contributed by atoms with van der Waals surface area (Å²) in [5.74, 6) is 0.266. The molecule has 2 aliphatic rings. The Balaban J connectivity index is 1.84. The second-order valence-corrected chi connectivity index (χ2v) is 5.01. The molecular weight excluding hydrogens is 216 g/mol. The van der Waals surface area contributed by atoms with Crippen LogP contribution in [0.4, 0.5) is 0 Å². The van der Waals surface area contributed by atoms with Gasteiger partial charge in [-0.25, -0.2) is 0 Å². The van der Waals surface area contributed by atoms with Crippen LogP contribution in [0.25, 0.3) is 0 Å². The van der Waals surface area contributed by atoms with E-state index in [9.17, 15) is 4.79 Å². The van der Waals surface area contributed by atoms with Gasteiger partial charge in [0.1, 0.15) is 0 Å². The molecule has 4 heteroatoms. The summed E-state index contributed by atoms with van der Waals surface area (Å²) in [6, 6.07) is 0.0464. The number of hydrogen-bond acceptors (Lipinski definition) is 3. The molecule has 0 aromatic carbocycles. The third-order valence-corrected chi connectivity index (χ3v) is 3.75. The van der Waals surface area contributed by atoms with Crippen molar-refractivity contribution in [2.75, 3.05) is 26.2 Å². The molecule has 2 heterocycles. The predicted octanol–water partition coefficient (Wildman–Crippen LogP) is 1.16. The van der Waals surface area contributed by atoms with Gasteiger partial charge < -0.3 is 15.0 Å². The minimum Gasteiger partial charge on any atom is -0.376 e. The van der Waals surface area contributed by atoms with Gasteiger partial charge in [0.05, 0.1) is 12.1 Å². The van der Waals surface area contributed by atoms with Gasteiger partial charge >= 0.3 is 0 Å². The minimum absolute atomic E-state index is 0.0464. The van der Waals surface area contributed by atoms with E-state index in [-0.39, 0.29) is 18.1 Å². The molecule has 0 bridgehead atoms. The molecule has 4 nitrogen and oxygen atoms in total. The van der Waals surface area contributed by atoms with Crippen molar-refractivity contribution < 1.29 is 9.53 Å². The van der Waals surface area contributed by atoms with Crippen LogP contribution in [0.1, 0.15) is 39.0 Å². The van der Waals surface area contributed by atoms with Gasteiger partial charge in [0.25, 0.3) is 0 Å². The number of ether oxygens (including phenoxy) is 1. The largest absolute Gasteiger partial charge is 0.376 e.